The number of ketones is 1. The van der Waals surface area contributed by atoms with Gasteiger partial charge in [-0.25, -0.2) is 0 Å². The molecule has 0 saturated heterocycles. The Balaban J connectivity index is 0.000000169. The van der Waals surface area contributed by atoms with Crippen LogP contribution in [0.5, 0.6) is 0 Å². The smallest absolute Gasteiger partial charge is 0.227 e. The first-order chi connectivity index (χ1) is 14.2. The predicted molar refractivity (Wildman–Crippen MR) is 117 cm³/mol. The van der Waals surface area contributed by atoms with Gasteiger partial charge in [-0.2, -0.15) is 0 Å². The fourth-order valence-corrected chi connectivity index (χ4v) is 3.18. The van der Waals surface area contributed by atoms with Crippen molar-refractivity contribution in [2.45, 2.75) is 13.1 Å². The number of nitrogens with one attached hydrogen (secondary N) is 1. The zero-order chi connectivity index (χ0) is 20.5. The van der Waals surface area contributed by atoms with Gasteiger partial charge in [0.15, 0.2) is 6.29 Å². The van der Waals surface area contributed by atoms with Crippen LogP contribution in [0, 0.1) is 0 Å². The highest BCUT2D eigenvalue weighted by molar-refractivity contribution is 6.36. The van der Waals surface area contributed by atoms with E-state index in [0.717, 1.165) is 24.0 Å². The number of hydrogen-bond donors (Lipinski definition) is 1. The third-order valence-electron chi connectivity index (χ3n) is 4.55. The van der Waals surface area contributed by atoms with Gasteiger partial charge in [-0.05, 0) is 24.2 Å². The second-order valence-corrected chi connectivity index (χ2v) is 6.87. The minimum Gasteiger partial charge on any atom is -0.360 e. The molecular weight excluding hydrogens is 360 g/mol. The largest absolute Gasteiger partial charge is 0.360 e. The molecule has 1 N–H and O–H groups in total. The SMILES string of the molecule is CN(Cc1ccccc1)Cc1ccccc1.O=CC(=O)c1c[nH]c2ccccc12. The van der Waals surface area contributed by atoms with Crippen molar-refractivity contribution < 1.29 is 9.59 Å². The van der Waals surface area contributed by atoms with Gasteiger partial charge in [-0.3, -0.25) is 14.5 Å². The molecule has 4 aromatic rings. The van der Waals surface area contributed by atoms with Crippen molar-refractivity contribution in [3.05, 3.63) is 108 Å². The maximum atomic E-state index is 11.1. The van der Waals surface area contributed by atoms with E-state index in [1.54, 1.807) is 6.20 Å². The van der Waals surface area contributed by atoms with Gasteiger partial charge in [-0.1, -0.05) is 78.9 Å². The lowest BCUT2D eigenvalue weighted by molar-refractivity contribution is -0.104. The first kappa shape index (κ1) is 20.2. The van der Waals surface area contributed by atoms with E-state index in [9.17, 15) is 9.59 Å². The fraction of sp³-hybridized carbons (Fsp3) is 0.120. The zero-order valence-electron chi connectivity index (χ0n) is 16.4. The number of rotatable bonds is 6. The van der Waals surface area contributed by atoms with Crippen LogP contribution in [-0.2, 0) is 17.9 Å². The highest BCUT2D eigenvalue weighted by atomic mass is 16.2. The first-order valence-corrected chi connectivity index (χ1v) is 9.49. The Labute approximate surface area is 170 Å². The zero-order valence-corrected chi connectivity index (χ0v) is 16.4. The van der Waals surface area contributed by atoms with Crippen LogP contribution in [-0.4, -0.2) is 29.0 Å². The minimum atomic E-state index is -0.488. The average molecular weight is 384 g/mol. The van der Waals surface area contributed by atoms with E-state index in [-0.39, 0.29) is 0 Å². The van der Waals surface area contributed by atoms with Crippen molar-refractivity contribution in [2.75, 3.05) is 7.05 Å². The molecule has 4 nitrogen and oxygen atoms in total. The summed E-state index contributed by atoms with van der Waals surface area (Å²) in [6.07, 6.45) is 1.89. The quantitative estimate of drug-likeness (QED) is 0.293. The molecule has 29 heavy (non-hydrogen) atoms. The maximum Gasteiger partial charge on any atom is 0.227 e. The van der Waals surface area contributed by atoms with Gasteiger partial charge in [0.2, 0.25) is 5.78 Å². The number of nitrogens with zero attached hydrogens (tertiary/aromatic N) is 1. The van der Waals surface area contributed by atoms with Crippen molar-refractivity contribution in [2.24, 2.45) is 0 Å². The molecular formula is C25H24N2O2. The van der Waals surface area contributed by atoms with Crippen molar-refractivity contribution in [1.82, 2.24) is 9.88 Å². The van der Waals surface area contributed by atoms with Gasteiger partial charge in [0, 0.05) is 30.2 Å². The van der Waals surface area contributed by atoms with E-state index in [0.29, 0.717) is 11.8 Å². The van der Waals surface area contributed by atoms with Crippen LogP contribution in [0.25, 0.3) is 10.9 Å². The van der Waals surface area contributed by atoms with Crippen molar-refractivity contribution in [3.63, 3.8) is 0 Å². The van der Waals surface area contributed by atoms with Crippen molar-refractivity contribution in [3.8, 4) is 0 Å². The molecule has 0 aliphatic rings. The summed E-state index contributed by atoms with van der Waals surface area (Å²) >= 11 is 0. The predicted octanol–water partition coefficient (Wildman–Crippen LogP) is 4.87. The maximum absolute atomic E-state index is 11.1. The second kappa shape index (κ2) is 10.2. The molecule has 0 aliphatic carbocycles. The molecule has 4 rings (SSSR count). The Bertz CT molecular complexity index is 1010. The van der Waals surface area contributed by atoms with Crippen molar-refractivity contribution in [1.29, 1.82) is 0 Å². The standard InChI is InChI=1S/C15H17N.C10H7NO2/c1-16(12-14-8-4-2-5-9-14)13-15-10-6-3-7-11-15;12-6-10(13)8-5-11-9-4-2-1-3-7(8)9/h2-11H,12-13H2,1H3;1-6,11H. The van der Waals surface area contributed by atoms with Crippen LogP contribution in [0.4, 0.5) is 0 Å². The second-order valence-electron chi connectivity index (χ2n) is 6.87. The van der Waals surface area contributed by atoms with Crippen LogP contribution < -0.4 is 0 Å². The number of carbonyl (C=O) groups excluding carboxylic acids is 2. The van der Waals surface area contributed by atoms with E-state index in [4.69, 9.17) is 0 Å². The Kier molecular flexibility index (Phi) is 7.09. The number of para-hydroxylation sites is 1. The van der Waals surface area contributed by atoms with Gasteiger partial charge in [0.25, 0.3) is 0 Å². The summed E-state index contributed by atoms with van der Waals surface area (Å²) in [6, 6.07) is 28.5. The number of aldehydes is 1. The number of aromatic amines is 1. The summed E-state index contributed by atoms with van der Waals surface area (Å²) in [5.41, 5.74) is 4.03. The summed E-state index contributed by atoms with van der Waals surface area (Å²) in [5, 5.41) is 0.791. The molecule has 1 heterocycles. The molecule has 1 aromatic heterocycles. The normalized spacial score (nSPS) is 10.4. The van der Waals surface area contributed by atoms with Crippen LogP contribution in [0.1, 0.15) is 21.5 Å². The van der Waals surface area contributed by atoms with Crippen LogP contribution in [0.2, 0.25) is 0 Å². The first-order valence-electron chi connectivity index (χ1n) is 9.49. The lowest BCUT2D eigenvalue weighted by atomic mass is 10.1. The Morgan fingerprint density at radius 2 is 1.34 bits per heavy atom. The highest BCUT2D eigenvalue weighted by Gasteiger charge is 2.09. The minimum absolute atomic E-state index is 0.329. The Morgan fingerprint density at radius 3 is 1.90 bits per heavy atom. The highest BCUT2D eigenvalue weighted by Crippen LogP contribution is 2.17. The number of H-pyrrole nitrogens is 1. The molecule has 0 amide bonds. The molecule has 0 saturated carbocycles. The van der Waals surface area contributed by atoms with Crippen LogP contribution in [0.3, 0.4) is 0 Å². The molecule has 4 heteroatoms. The van der Waals surface area contributed by atoms with E-state index >= 15 is 0 Å². The van der Waals surface area contributed by atoms with Gasteiger partial charge in [0.05, 0.1) is 5.56 Å². The van der Waals surface area contributed by atoms with E-state index in [1.165, 1.54) is 11.1 Å². The lowest BCUT2D eigenvalue weighted by Gasteiger charge is -2.16. The molecule has 0 unspecified atom stereocenters. The van der Waals surface area contributed by atoms with Gasteiger partial charge in [0.1, 0.15) is 0 Å². The van der Waals surface area contributed by atoms with E-state index in [2.05, 4.69) is 77.6 Å². The third kappa shape index (κ3) is 5.74. The lowest BCUT2D eigenvalue weighted by Crippen LogP contribution is -2.16. The Hall–Kier alpha value is -3.50. The number of fused-ring (bicyclic) bond motifs is 1. The topological polar surface area (TPSA) is 53.2 Å². The average Bonchev–Trinajstić information content (AvgIpc) is 3.19. The van der Waals surface area contributed by atoms with Gasteiger partial charge >= 0.3 is 0 Å². The summed E-state index contributed by atoms with van der Waals surface area (Å²) in [6.45, 7) is 1.99. The van der Waals surface area contributed by atoms with Crippen molar-refractivity contribution >= 4 is 23.0 Å². The van der Waals surface area contributed by atoms with Gasteiger partial charge < -0.3 is 4.98 Å². The number of benzene rings is 3. The number of carbonyl (C=O) groups is 2. The van der Waals surface area contributed by atoms with E-state index in [1.807, 2.05) is 24.3 Å². The molecule has 0 fully saturated rings. The monoisotopic (exact) mass is 384 g/mol. The number of aromatic nitrogens is 1. The molecule has 0 spiro atoms. The van der Waals surface area contributed by atoms with Gasteiger partial charge in [-0.15, -0.1) is 0 Å². The van der Waals surface area contributed by atoms with E-state index < -0.39 is 5.78 Å². The summed E-state index contributed by atoms with van der Waals surface area (Å²) in [4.78, 5) is 26.6. The Morgan fingerprint density at radius 1 is 0.828 bits per heavy atom. The third-order valence-corrected chi connectivity index (χ3v) is 4.55. The number of Topliss-reactive ketones (excluding diaryl/α,β-unsaturated/α-hetero) is 1. The molecule has 146 valence electrons. The van der Waals surface area contributed by atoms with Crippen LogP contribution >= 0.6 is 0 Å². The molecule has 0 bridgehead atoms. The molecule has 0 atom stereocenters. The summed E-state index contributed by atoms with van der Waals surface area (Å²) in [7, 11) is 2.15. The van der Waals surface area contributed by atoms with Crippen LogP contribution in [0.15, 0.2) is 91.1 Å². The molecule has 0 radical (unpaired) electrons. The summed E-state index contributed by atoms with van der Waals surface area (Å²) < 4.78 is 0. The molecule has 0 aliphatic heterocycles. The molecule has 3 aromatic carbocycles. The number of hydrogen-bond acceptors (Lipinski definition) is 3. The summed E-state index contributed by atoms with van der Waals surface area (Å²) in [5.74, 6) is -0.488. The fourth-order valence-electron chi connectivity index (χ4n) is 3.18.